The van der Waals surface area contributed by atoms with Crippen molar-refractivity contribution < 1.29 is 9.53 Å². The SMILES string of the molecule is COC(=O)C(C)Sc1nc2ccsc2c(=O)n1-c1ccccc1. The summed E-state index contributed by atoms with van der Waals surface area (Å²) in [5, 5.41) is 1.86. The smallest absolute Gasteiger partial charge is 0.318 e. The van der Waals surface area contributed by atoms with Gasteiger partial charge >= 0.3 is 5.97 Å². The van der Waals surface area contributed by atoms with Gasteiger partial charge in [-0.05, 0) is 30.5 Å². The van der Waals surface area contributed by atoms with E-state index in [1.807, 2.05) is 41.8 Å². The van der Waals surface area contributed by atoms with E-state index in [-0.39, 0.29) is 11.5 Å². The highest BCUT2D eigenvalue weighted by Crippen LogP contribution is 2.26. The molecule has 0 aliphatic carbocycles. The lowest BCUT2D eigenvalue weighted by atomic mass is 10.3. The molecule has 2 aromatic heterocycles. The Bertz CT molecular complexity index is 903. The Morgan fingerprint density at radius 2 is 2.04 bits per heavy atom. The van der Waals surface area contributed by atoms with Crippen LogP contribution in [0.4, 0.5) is 0 Å². The van der Waals surface area contributed by atoms with Gasteiger partial charge in [0.2, 0.25) is 0 Å². The highest BCUT2D eigenvalue weighted by Gasteiger charge is 2.20. The zero-order valence-corrected chi connectivity index (χ0v) is 14.2. The Labute approximate surface area is 140 Å². The molecule has 3 aromatic rings. The van der Waals surface area contributed by atoms with Crippen molar-refractivity contribution in [2.75, 3.05) is 7.11 Å². The largest absolute Gasteiger partial charge is 0.468 e. The third-order valence-electron chi connectivity index (χ3n) is 3.28. The Balaban J connectivity index is 2.19. The van der Waals surface area contributed by atoms with E-state index in [4.69, 9.17) is 4.74 Å². The van der Waals surface area contributed by atoms with Crippen LogP contribution in [0.3, 0.4) is 0 Å². The van der Waals surface area contributed by atoms with E-state index < -0.39 is 5.25 Å². The number of aromatic nitrogens is 2. The maximum atomic E-state index is 12.8. The number of hydrogen-bond acceptors (Lipinski definition) is 6. The van der Waals surface area contributed by atoms with E-state index in [1.165, 1.54) is 30.2 Å². The lowest BCUT2D eigenvalue weighted by molar-refractivity contribution is -0.139. The molecule has 2 heterocycles. The van der Waals surface area contributed by atoms with Crippen molar-refractivity contribution in [2.24, 2.45) is 0 Å². The number of carbonyl (C=O) groups excluding carboxylic acids is 1. The molecular weight excluding hydrogens is 332 g/mol. The molecule has 0 amide bonds. The lowest BCUT2D eigenvalue weighted by Crippen LogP contribution is -2.23. The Morgan fingerprint density at radius 1 is 1.30 bits per heavy atom. The van der Waals surface area contributed by atoms with Gasteiger partial charge in [0.15, 0.2) is 5.16 Å². The van der Waals surface area contributed by atoms with Crippen molar-refractivity contribution in [3.05, 3.63) is 52.1 Å². The summed E-state index contributed by atoms with van der Waals surface area (Å²) < 4.78 is 6.91. The van der Waals surface area contributed by atoms with Crippen LogP contribution in [-0.4, -0.2) is 27.9 Å². The highest BCUT2D eigenvalue weighted by molar-refractivity contribution is 8.00. The second-order valence-electron chi connectivity index (χ2n) is 4.79. The van der Waals surface area contributed by atoms with Crippen molar-refractivity contribution in [1.82, 2.24) is 9.55 Å². The molecule has 0 fully saturated rings. The van der Waals surface area contributed by atoms with Crippen LogP contribution in [0.2, 0.25) is 0 Å². The first kappa shape index (κ1) is 15.8. The third-order valence-corrected chi connectivity index (χ3v) is 5.20. The molecule has 118 valence electrons. The van der Waals surface area contributed by atoms with Gasteiger partial charge in [-0.15, -0.1) is 11.3 Å². The first-order valence-corrected chi connectivity index (χ1v) is 8.68. The number of hydrogen-bond donors (Lipinski definition) is 0. The van der Waals surface area contributed by atoms with Gasteiger partial charge in [0.25, 0.3) is 5.56 Å². The van der Waals surface area contributed by atoms with Crippen LogP contribution in [-0.2, 0) is 9.53 Å². The van der Waals surface area contributed by atoms with Crippen molar-refractivity contribution >= 4 is 39.3 Å². The summed E-state index contributed by atoms with van der Waals surface area (Å²) in [5.74, 6) is -0.353. The van der Waals surface area contributed by atoms with Crippen molar-refractivity contribution in [3.8, 4) is 5.69 Å². The number of nitrogens with zero attached hydrogens (tertiary/aromatic N) is 2. The van der Waals surface area contributed by atoms with Crippen LogP contribution in [0.1, 0.15) is 6.92 Å². The van der Waals surface area contributed by atoms with Crippen LogP contribution in [0.15, 0.2) is 51.7 Å². The Hall–Kier alpha value is -2.12. The normalized spacial score (nSPS) is 12.3. The van der Waals surface area contributed by atoms with Crippen molar-refractivity contribution in [3.63, 3.8) is 0 Å². The molecule has 0 aliphatic heterocycles. The number of carbonyl (C=O) groups is 1. The van der Waals surface area contributed by atoms with E-state index in [1.54, 1.807) is 11.5 Å². The lowest BCUT2D eigenvalue weighted by Gasteiger charge is -2.14. The van der Waals surface area contributed by atoms with Gasteiger partial charge in [0.1, 0.15) is 9.95 Å². The fraction of sp³-hybridized carbons (Fsp3) is 0.188. The van der Waals surface area contributed by atoms with E-state index >= 15 is 0 Å². The molecule has 3 rings (SSSR count). The van der Waals surface area contributed by atoms with Gasteiger partial charge in [-0.2, -0.15) is 0 Å². The first-order chi connectivity index (χ1) is 11.1. The van der Waals surface area contributed by atoms with E-state index in [0.717, 1.165) is 5.69 Å². The summed E-state index contributed by atoms with van der Waals surface area (Å²) in [6.45, 7) is 1.73. The Kier molecular flexibility index (Phi) is 4.49. The third kappa shape index (κ3) is 3.02. The molecule has 7 heteroatoms. The quantitative estimate of drug-likeness (QED) is 0.413. The summed E-state index contributed by atoms with van der Waals surface area (Å²) in [4.78, 5) is 29.1. The van der Waals surface area contributed by atoms with Gasteiger partial charge in [0.05, 0.1) is 18.3 Å². The maximum absolute atomic E-state index is 12.8. The van der Waals surface area contributed by atoms with Crippen LogP contribution in [0.5, 0.6) is 0 Å². The molecular formula is C16H14N2O3S2. The standard InChI is InChI=1S/C16H14N2O3S2/c1-10(15(20)21-2)23-16-17-12-8-9-22-13(12)14(19)18(16)11-6-4-3-5-7-11/h3-10H,1-2H3. The van der Waals surface area contributed by atoms with Crippen LogP contribution >= 0.6 is 23.1 Å². The molecule has 5 nitrogen and oxygen atoms in total. The molecule has 1 unspecified atom stereocenters. The number of fused-ring (bicyclic) bond motifs is 1. The van der Waals surface area contributed by atoms with E-state index in [0.29, 0.717) is 15.4 Å². The molecule has 0 saturated carbocycles. The summed E-state index contributed by atoms with van der Waals surface area (Å²) in [6, 6.07) is 11.1. The van der Waals surface area contributed by atoms with Gasteiger partial charge < -0.3 is 4.74 Å². The Morgan fingerprint density at radius 3 is 2.74 bits per heavy atom. The summed E-state index contributed by atoms with van der Waals surface area (Å²) in [6.07, 6.45) is 0. The number of benzene rings is 1. The molecule has 1 aromatic carbocycles. The molecule has 1 atom stereocenters. The molecule has 23 heavy (non-hydrogen) atoms. The van der Waals surface area contributed by atoms with E-state index in [2.05, 4.69) is 4.98 Å². The average molecular weight is 346 g/mol. The zero-order chi connectivity index (χ0) is 16.4. The van der Waals surface area contributed by atoms with Crippen LogP contribution in [0.25, 0.3) is 15.9 Å². The first-order valence-electron chi connectivity index (χ1n) is 6.92. The molecule has 0 spiro atoms. The average Bonchev–Trinajstić information content (AvgIpc) is 3.03. The number of ether oxygens (including phenoxy) is 1. The molecule has 0 bridgehead atoms. The van der Waals surface area contributed by atoms with Crippen molar-refractivity contribution in [2.45, 2.75) is 17.3 Å². The van der Waals surface area contributed by atoms with E-state index in [9.17, 15) is 9.59 Å². The minimum Gasteiger partial charge on any atom is -0.468 e. The van der Waals surface area contributed by atoms with Crippen LogP contribution < -0.4 is 5.56 Å². The summed E-state index contributed by atoms with van der Waals surface area (Å²) in [7, 11) is 1.35. The summed E-state index contributed by atoms with van der Waals surface area (Å²) in [5.41, 5.74) is 1.24. The predicted octanol–water partition coefficient (Wildman–Crippen LogP) is 3.10. The summed E-state index contributed by atoms with van der Waals surface area (Å²) >= 11 is 2.58. The molecule has 0 N–H and O–H groups in total. The van der Waals surface area contributed by atoms with Crippen LogP contribution in [0, 0.1) is 0 Å². The number of para-hydroxylation sites is 1. The number of thiophene rings is 1. The monoisotopic (exact) mass is 346 g/mol. The second kappa shape index (κ2) is 6.55. The minimum absolute atomic E-state index is 0.129. The molecule has 0 saturated heterocycles. The van der Waals surface area contributed by atoms with Gasteiger partial charge in [-0.25, -0.2) is 4.98 Å². The molecule has 0 aliphatic rings. The number of methoxy groups -OCH3 is 1. The van der Waals surface area contributed by atoms with Crippen molar-refractivity contribution in [1.29, 1.82) is 0 Å². The minimum atomic E-state index is -0.460. The number of esters is 1. The number of thioether (sulfide) groups is 1. The second-order valence-corrected chi connectivity index (χ2v) is 7.01. The van der Waals surface area contributed by atoms with Gasteiger partial charge in [0, 0.05) is 0 Å². The maximum Gasteiger partial charge on any atom is 0.318 e. The fourth-order valence-corrected chi connectivity index (χ4v) is 3.86. The zero-order valence-electron chi connectivity index (χ0n) is 12.6. The van der Waals surface area contributed by atoms with Gasteiger partial charge in [-0.3, -0.25) is 14.2 Å². The fourth-order valence-electron chi connectivity index (χ4n) is 2.15. The highest BCUT2D eigenvalue weighted by atomic mass is 32.2. The van der Waals surface area contributed by atoms with Gasteiger partial charge in [-0.1, -0.05) is 30.0 Å². The predicted molar refractivity (Wildman–Crippen MR) is 92.6 cm³/mol. The number of rotatable bonds is 4. The molecule has 0 radical (unpaired) electrons. The topological polar surface area (TPSA) is 61.2 Å².